The Labute approximate surface area is 141 Å². The Morgan fingerprint density at radius 3 is 2.54 bits per heavy atom. The van der Waals surface area contributed by atoms with Gasteiger partial charge in [-0.05, 0) is 41.0 Å². The van der Waals surface area contributed by atoms with Crippen LogP contribution in [0.5, 0.6) is 0 Å². The van der Waals surface area contributed by atoms with E-state index >= 15 is 0 Å². The van der Waals surface area contributed by atoms with Crippen LogP contribution in [-0.4, -0.2) is 0 Å². The maximum Gasteiger partial charge on any atom is 0.149 e. The number of fused-ring (bicyclic) bond motifs is 3. The van der Waals surface area contributed by atoms with Crippen LogP contribution in [0.25, 0.3) is 0 Å². The van der Waals surface area contributed by atoms with Crippen LogP contribution in [0.2, 0.25) is 0 Å². The van der Waals surface area contributed by atoms with E-state index in [1.165, 1.54) is 11.6 Å². The first kappa shape index (κ1) is 15.4. The van der Waals surface area contributed by atoms with Gasteiger partial charge in [-0.1, -0.05) is 50.3 Å². The molecule has 1 heterocycles. The highest BCUT2D eigenvalue weighted by Crippen LogP contribution is 2.50. The lowest BCUT2D eigenvalue weighted by Crippen LogP contribution is -2.29. The van der Waals surface area contributed by atoms with Gasteiger partial charge >= 0.3 is 0 Å². The van der Waals surface area contributed by atoms with E-state index in [1.54, 1.807) is 0 Å². The van der Waals surface area contributed by atoms with Crippen LogP contribution in [0.3, 0.4) is 0 Å². The number of allylic oxidation sites excluding steroid dienone is 2. The zero-order valence-corrected chi connectivity index (χ0v) is 13.9. The van der Waals surface area contributed by atoms with E-state index in [4.69, 9.17) is 0 Å². The molecule has 24 heavy (non-hydrogen) atoms. The van der Waals surface area contributed by atoms with Crippen LogP contribution in [0.4, 0.5) is 14.5 Å². The number of hydrogen-bond acceptors (Lipinski definition) is 1. The van der Waals surface area contributed by atoms with Gasteiger partial charge in [-0.3, -0.25) is 0 Å². The molecule has 0 amide bonds. The maximum atomic E-state index is 14.3. The molecule has 0 radical (unpaired) electrons. The Bertz CT molecular complexity index is 792. The van der Waals surface area contributed by atoms with E-state index < -0.39 is 11.6 Å². The van der Waals surface area contributed by atoms with Crippen molar-refractivity contribution in [3.05, 3.63) is 76.9 Å². The van der Waals surface area contributed by atoms with Crippen molar-refractivity contribution >= 4 is 5.69 Å². The number of anilines is 1. The van der Waals surface area contributed by atoms with Gasteiger partial charge in [0.15, 0.2) is 0 Å². The van der Waals surface area contributed by atoms with Crippen molar-refractivity contribution in [2.45, 2.75) is 38.1 Å². The zero-order valence-electron chi connectivity index (χ0n) is 13.9. The molecule has 0 saturated carbocycles. The Balaban J connectivity index is 1.75. The van der Waals surface area contributed by atoms with Crippen LogP contribution < -0.4 is 5.32 Å². The molecule has 2 aromatic carbocycles. The van der Waals surface area contributed by atoms with Crippen molar-refractivity contribution in [2.75, 3.05) is 5.32 Å². The van der Waals surface area contributed by atoms with E-state index in [-0.39, 0.29) is 12.0 Å². The Morgan fingerprint density at radius 2 is 1.83 bits per heavy atom. The van der Waals surface area contributed by atoms with E-state index in [2.05, 4.69) is 55.6 Å². The van der Waals surface area contributed by atoms with Gasteiger partial charge in [-0.25, -0.2) is 8.78 Å². The summed E-state index contributed by atoms with van der Waals surface area (Å²) in [5.74, 6) is -0.162. The summed E-state index contributed by atoms with van der Waals surface area (Å²) in [6.07, 6.45) is 5.15. The number of rotatable bonds is 2. The molecule has 1 aliphatic heterocycles. The van der Waals surface area contributed by atoms with E-state index in [1.807, 2.05) is 0 Å². The Morgan fingerprint density at radius 1 is 1.08 bits per heavy atom. The normalized spacial score (nSPS) is 24.6. The summed E-state index contributed by atoms with van der Waals surface area (Å²) in [5, 5.41) is 3.35. The van der Waals surface area contributed by atoms with E-state index in [0.29, 0.717) is 17.5 Å². The Kier molecular flexibility index (Phi) is 3.67. The van der Waals surface area contributed by atoms with Gasteiger partial charge in [0.2, 0.25) is 0 Å². The molecule has 1 aliphatic carbocycles. The Hall–Kier alpha value is -2.16. The minimum Gasteiger partial charge on any atom is -0.375 e. The molecule has 3 atom stereocenters. The molecule has 3 heteroatoms. The number of halogens is 2. The molecule has 2 aliphatic rings. The highest BCUT2D eigenvalue weighted by molar-refractivity contribution is 5.60. The molecular weight excluding hydrogens is 304 g/mol. The van der Waals surface area contributed by atoms with Crippen molar-refractivity contribution in [1.82, 2.24) is 0 Å². The summed E-state index contributed by atoms with van der Waals surface area (Å²) in [7, 11) is 0. The second-order valence-corrected chi connectivity index (χ2v) is 7.15. The number of benzene rings is 2. The van der Waals surface area contributed by atoms with Crippen molar-refractivity contribution in [3.63, 3.8) is 0 Å². The van der Waals surface area contributed by atoms with Gasteiger partial charge in [0.05, 0.1) is 11.7 Å². The fourth-order valence-electron chi connectivity index (χ4n) is 4.04. The lowest BCUT2D eigenvalue weighted by atomic mass is 9.76. The molecule has 124 valence electrons. The second-order valence-electron chi connectivity index (χ2n) is 7.15. The highest BCUT2D eigenvalue weighted by Gasteiger charge is 2.39. The van der Waals surface area contributed by atoms with Crippen molar-refractivity contribution in [3.8, 4) is 0 Å². The smallest absolute Gasteiger partial charge is 0.149 e. The lowest BCUT2D eigenvalue weighted by Gasteiger charge is -2.37. The lowest BCUT2D eigenvalue weighted by molar-refractivity contribution is 0.418. The number of hydrogen-bond donors (Lipinski definition) is 1. The van der Waals surface area contributed by atoms with Crippen LogP contribution in [-0.2, 0) is 0 Å². The molecule has 0 aromatic heterocycles. The SMILES string of the molecule is CC(C)c1ccc([C@@H]2Nc3c(F)cc(F)cc3[C@H]3C=CC[C@H]32)cc1. The molecule has 0 spiro atoms. The summed E-state index contributed by atoms with van der Waals surface area (Å²) >= 11 is 0. The van der Waals surface area contributed by atoms with Crippen molar-refractivity contribution < 1.29 is 8.78 Å². The predicted molar refractivity (Wildman–Crippen MR) is 93.2 cm³/mol. The zero-order chi connectivity index (χ0) is 16.8. The minimum atomic E-state index is -0.508. The average molecular weight is 325 g/mol. The summed E-state index contributed by atoms with van der Waals surface area (Å²) in [5.41, 5.74) is 3.64. The van der Waals surface area contributed by atoms with Crippen LogP contribution in [0, 0.1) is 17.6 Å². The fourth-order valence-corrected chi connectivity index (χ4v) is 4.04. The summed E-state index contributed by atoms with van der Waals surface area (Å²) in [6, 6.07) is 11.0. The molecule has 0 saturated heterocycles. The van der Waals surface area contributed by atoms with Gasteiger partial charge in [-0.15, -0.1) is 0 Å². The largest absolute Gasteiger partial charge is 0.375 e. The summed E-state index contributed by atoms with van der Waals surface area (Å²) in [4.78, 5) is 0. The average Bonchev–Trinajstić information content (AvgIpc) is 3.04. The van der Waals surface area contributed by atoms with Gasteiger partial charge < -0.3 is 5.32 Å². The quantitative estimate of drug-likeness (QED) is 0.676. The maximum absolute atomic E-state index is 14.3. The van der Waals surface area contributed by atoms with Crippen molar-refractivity contribution in [1.29, 1.82) is 0 Å². The third kappa shape index (κ3) is 2.43. The highest BCUT2D eigenvalue weighted by atomic mass is 19.1. The molecule has 1 nitrogen and oxygen atoms in total. The van der Waals surface area contributed by atoms with Crippen molar-refractivity contribution in [2.24, 2.45) is 5.92 Å². The fraction of sp³-hybridized carbons (Fsp3) is 0.333. The van der Waals surface area contributed by atoms with Gasteiger partial charge in [0.25, 0.3) is 0 Å². The molecule has 0 fully saturated rings. The molecular formula is C21H21F2N. The molecule has 1 N–H and O–H groups in total. The molecule has 2 aromatic rings. The second kappa shape index (κ2) is 5.73. The predicted octanol–water partition coefficient (Wildman–Crippen LogP) is 5.91. The first-order chi connectivity index (χ1) is 11.5. The monoisotopic (exact) mass is 325 g/mol. The number of nitrogens with one attached hydrogen (secondary N) is 1. The summed E-state index contributed by atoms with van der Waals surface area (Å²) < 4.78 is 28.0. The molecule has 0 unspecified atom stereocenters. The molecule has 0 bridgehead atoms. The van der Waals surface area contributed by atoms with Gasteiger partial charge in [-0.2, -0.15) is 0 Å². The van der Waals surface area contributed by atoms with Gasteiger partial charge in [0, 0.05) is 12.0 Å². The third-order valence-corrected chi connectivity index (χ3v) is 5.35. The summed E-state index contributed by atoms with van der Waals surface area (Å²) in [6.45, 7) is 4.34. The first-order valence-corrected chi connectivity index (χ1v) is 8.56. The van der Waals surface area contributed by atoms with Crippen LogP contribution in [0.1, 0.15) is 54.8 Å². The first-order valence-electron chi connectivity index (χ1n) is 8.56. The third-order valence-electron chi connectivity index (χ3n) is 5.35. The minimum absolute atomic E-state index is 0.0404. The molecule has 4 rings (SSSR count). The van der Waals surface area contributed by atoms with Crippen LogP contribution in [0.15, 0.2) is 48.6 Å². The van der Waals surface area contributed by atoms with Crippen LogP contribution >= 0.6 is 0 Å². The topological polar surface area (TPSA) is 12.0 Å². The van der Waals surface area contributed by atoms with E-state index in [9.17, 15) is 8.78 Å². The van der Waals surface area contributed by atoms with E-state index in [0.717, 1.165) is 23.6 Å². The van der Waals surface area contributed by atoms with Gasteiger partial charge in [0.1, 0.15) is 11.6 Å². The standard InChI is InChI=1S/C21H21F2N/c1-12(2)13-6-8-14(9-7-13)20-17-5-3-4-16(17)18-10-15(22)11-19(23)21(18)24-20/h3-4,6-12,16-17,20,24H,5H2,1-2H3/t16-,17+,20-/m0/s1.